The largest absolute Gasteiger partial charge is 0.480 e. The molecule has 0 aliphatic carbocycles. The molecule has 16 heavy (non-hydrogen) atoms. The van der Waals surface area contributed by atoms with Gasteiger partial charge in [0.05, 0.1) is 0 Å². The Bertz CT molecular complexity index is 327. The summed E-state index contributed by atoms with van der Waals surface area (Å²) >= 11 is 0. The van der Waals surface area contributed by atoms with Crippen LogP contribution in [-0.2, 0) is 4.79 Å². The molecule has 1 aromatic heterocycles. The molecule has 1 N–H and O–H groups in total. The van der Waals surface area contributed by atoms with E-state index in [-0.39, 0.29) is 6.54 Å². The van der Waals surface area contributed by atoms with Crippen LogP contribution in [0.4, 0.5) is 5.69 Å². The Morgan fingerprint density at radius 2 is 1.94 bits per heavy atom. The summed E-state index contributed by atoms with van der Waals surface area (Å²) in [6.07, 6.45) is 3.33. The Morgan fingerprint density at radius 3 is 2.44 bits per heavy atom. The van der Waals surface area contributed by atoms with E-state index in [9.17, 15) is 4.79 Å². The van der Waals surface area contributed by atoms with Crippen LogP contribution in [0.1, 0.15) is 0 Å². The number of carbonyl (C=O) groups is 1. The first-order chi connectivity index (χ1) is 7.59. The van der Waals surface area contributed by atoms with Crippen LogP contribution in [0.3, 0.4) is 0 Å². The molecule has 0 radical (unpaired) electrons. The van der Waals surface area contributed by atoms with Gasteiger partial charge in [0.15, 0.2) is 0 Å². The van der Waals surface area contributed by atoms with E-state index in [1.54, 1.807) is 12.4 Å². The number of hydrogen-bond acceptors (Lipinski definition) is 4. The van der Waals surface area contributed by atoms with Gasteiger partial charge in [0.1, 0.15) is 6.54 Å². The Labute approximate surface area is 95.3 Å². The van der Waals surface area contributed by atoms with Crippen LogP contribution in [-0.4, -0.2) is 54.7 Å². The normalized spacial score (nSPS) is 10.4. The molecular weight excluding hydrogens is 206 g/mol. The molecule has 88 valence electrons. The van der Waals surface area contributed by atoms with Crippen LogP contribution in [0.25, 0.3) is 0 Å². The number of carboxylic acids is 1. The van der Waals surface area contributed by atoms with Gasteiger partial charge in [0.2, 0.25) is 0 Å². The minimum absolute atomic E-state index is 0.0118. The first kappa shape index (κ1) is 12.4. The number of anilines is 1. The van der Waals surface area contributed by atoms with E-state index in [1.165, 1.54) is 0 Å². The average Bonchev–Trinajstić information content (AvgIpc) is 2.25. The number of pyridine rings is 1. The van der Waals surface area contributed by atoms with Crippen LogP contribution in [0, 0.1) is 0 Å². The molecule has 1 aromatic rings. The molecule has 1 heterocycles. The van der Waals surface area contributed by atoms with Crippen molar-refractivity contribution in [2.75, 3.05) is 38.6 Å². The maximum atomic E-state index is 10.8. The topological polar surface area (TPSA) is 56.7 Å². The zero-order chi connectivity index (χ0) is 12.0. The molecule has 0 aromatic carbocycles. The Balaban J connectivity index is 2.67. The van der Waals surface area contributed by atoms with Gasteiger partial charge in [-0.1, -0.05) is 0 Å². The Hall–Kier alpha value is -1.62. The van der Waals surface area contributed by atoms with Crippen molar-refractivity contribution in [1.82, 2.24) is 9.88 Å². The highest BCUT2D eigenvalue weighted by Gasteiger charge is 2.10. The minimum atomic E-state index is -0.824. The molecule has 0 bridgehead atoms. The molecule has 0 spiro atoms. The lowest BCUT2D eigenvalue weighted by molar-refractivity contribution is -0.135. The molecule has 0 unspecified atom stereocenters. The number of likely N-dealkylation sites (N-methyl/N-ethyl adjacent to an activating group) is 1. The summed E-state index contributed by atoms with van der Waals surface area (Å²) in [6, 6.07) is 3.64. The highest BCUT2D eigenvalue weighted by molar-refractivity contribution is 5.73. The number of aromatic nitrogens is 1. The summed E-state index contributed by atoms with van der Waals surface area (Å²) in [5.74, 6) is -0.824. The molecule has 0 fully saturated rings. The number of carboxylic acid groups (broad SMARTS) is 1. The predicted molar refractivity (Wildman–Crippen MR) is 62.6 cm³/mol. The highest BCUT2D eigenvalue weighted by Crippen LogP contribution is 2.11. The van der Waals surface area contributed by atoms with E-state index in [0.29, 0.717) is 6.54 Å². The second-order valence-corrected chi connectivity index (χ2v) is 3.82. The van der Waals surface area contributed by atoms with Gasteiger partial charge in [0, 0.05) is 31.2 Å². The van der Waals surface area contributed by atoms with E-state index < -0.39 is 5.97 Å². The Kier molecular flexibility index (Phi) is 4.72. The smallest absolute Gasteiger partial charge is 0.323 e. The second kappa shape index (κ2) is 6.07. The van der Waals surface area contributed by atoms with E-state index in [0.717, 1.165) is 12.2 Å². The third kappa shape index (κ3) is 4.27. The van der Waals surface area contributed by atoms with Gasteiger partial charge in [-0.3, -0.25) is 9.78 Å². The molecule has 0 saturated heterocycles. The lowest BCUT2D eigenvalue weighted by Crippen LogP contribution is -2.35. The van der Waals surface area contributed by atoms with Crippen LogP contribution < -0.4 is 4.90 Å². The molecule has 1 rings (SSSR count). The van der Waals surface area contributed by atoms with E-state index >= 15 is 0 Å². The zero-order valence-electron chi connectivity index (χ0n) is 9.63. The van der Waals surface area contributed by atoms with Gasteiger partial charge in [-0.15, -0.1) is 0 Å². The molecule has 0 atom stereocenters. The minimum Gasteiger partial charge on any atom is -0.480 e. The van der Waals surface area contributed by atoms with E-state index in [1.807, 2.05) is 36.0 Å². The quantitative estimate of drug-likeness (QED) is 0.762. The average molecular weight is 223 g/mol. The number of hydrogen-bond donors (Lipinski definition) is 1. The second-order valence-electron chi connectivity index (χ2n) is 3.82. The molecule has 5 nitrogen and oxygen atoms in total. The van der Waals surface area contributed by atoms with Crippen molar-refractivity contribution in [3.8, 4) is 0 Å². The third-order valence-electron chi connectivity index (χ3n) is 2.17. The standard InChI is InChI=1S/C11H17N3O2/c1-13(2)7-8-14(9-11(15)16)10-3-5-12-6-4-10/h3-6H,7-9H2,1-2H3,(H,15,16). The van der Waals surface area contributed by atoms with Crippen molar-refractivity contribution in [3.05, 3.63) is 24.5 Å². The third-order valence-corrected chi connectivity index (χ3v) is 2.17. The molecule has 0 aliphatic heterocycles. The molecular formula is C11H17N3O2. The van der Waals surface area contributed by atoms with Crippen LogP contribution in [0.15, 0.2) is 24.5 Å². The molecule has 0 saturated carbocycles. The fourth-order valence-electron chi connectivity index (χ4n) is 1.34. The van der Waals surface area contributed by atoms with E-state index in [4.69, 9.17) is 5.11 Å². The van der Waals surface area contributed by atoms with Crippen LogP contribution in [0.2, 0.25) is 0 Å². The van der Waals surface area contributed by atoms with Gasteiger partial charge in [-0.25, -0.2) is 0 Å². The van der Waals surface area contributed by atoms with Crippen molar-refractivity contribution in [2.45, 2.75) is 0 Å². The summed E-state index contributed by atoms with van der Waals surface area (Å²) < 4.78 is 0. The number of nitrogens with zero attached hydrogens (tertiary/aromatic N) is 3. The van der Waals surface area contributed by atoms with Gasteiger partial charge < -0.3 is 14.9 Å². The molecule has 5 heteroatoms. The summed E-state index contributed by atoms with van der Waals surface area (Å²) in [7, 11) is 3.93. The maximum absolute atomic E-state index is 10.8. The first-order valence-electron chi connectivity index (χ1n) is 5.11. The van der Waals surface area contributed by atoms with Crippen molar-refractivity contribution in [1.29, 1.82) is 0 Å². The van der Waals surface area contributed by atoms with Crippen molar-refractivity contribution < 1.29 is 9.90 Å². The lowest BCUT2D eigenvalue weighted by atomic mass is 10.3. The number of rotatable bonds is 6. The van der Waals surface area contributed by atoms with Crippen molar-refractivity contribution in [3.63, 3.8) is 0 Å². The summed E-state index contributed by atoms with van der Waals surface area (Å²) in [5.41, 5.74) is 0.888. The van der Waals surface area contributed by atoms with Gasteiger partial charge in [-0.2, -0.15) is 0 Å². The number of aliphatic carboxylic acids is 1. The Morgan fingerprint density at radius 1 is 1.31 bits per heavy atom. The van der Waals surface area contributed by atoms with E-state index in [2.05, 4.69) is 4.98 Å². The predicted octanol–water partition coefficient (Wildman–Crippen LogP) is 0.534. The summed E-state index contributed by atoms with van der Waals surface area (Å²) in [4.78, 5) is 18.5. The van der Waals surface area contributed by atoms with Crippen LogP contribution in [0.5, 0.6) is 0 Å². The maximum Gasteiger partial charge on any atom is 0.323 e. The molecule has 0 amide bonds. The van der Waals surface area contributed by atoms with Gasteiger partial charge in [-0.05, 0) is 26.2 Å². The van der Waals surface area contributed by atoms with Gasteiger partial charge in [0.25, 0.3) is 0 Å². The monoisotopic (exact) mass is 223 g/mol. The highest BCUT2D eigenvalue weighted by atomic mass is 16.4. The fraction of sp³-hybridized carbons (Fsp3) is 0.455. The summed E-state index contributed by atoms with van der Waals surface area (Å²) in [6.45, 7) is 1.51. The summed E-state index contributed by atoms with van der Waals surface area (Å²) in [5, 5.41) is 8.84. The van der Waals surface area contributed by atoms with Crippen molar-refractivity contribution in [2.24, 2.45) is 0 Å². The SMILES string of the molecule is CN(C)CCN(CC(=O)O)c1ccncc1. The lowest BCUT2D eigenvalue weighted by Gasteiger charge is -2.24. The van der Waals surface area contributed by atoms with Crippen molar-refractivity contribution >= 4 is 11.7 Å². The fourth-order valence-corrected chi connectivity index (χ4v) is 1.34. The zero-order valence-corrected chi connectivity index (χ0v) is 9.63. The van der Waals surface area contributed by atoms with Gasteiger partial charge >= 0.3 is 5.97 Å². The van der Waals surface area contributed by atoms with Crippen LogP contribution >= 0.6 is 0 Å². The molecule has 0 aliphatic rings. The first-order valence-corrected chi connectivity index (χ1v) is 5.11.